The van der Waals surface area contributed by atoms with Gasteiger partial charge in [0.2, 0.25) is 11.8 Å². The third kappa shape index (κ3) is 5.74. The van der Waals surface area contributed by atoms with E-state index in [9.17, 15) is 18.8 Å². The van der Waals surface area contributed by atoms with E-state index in [4.69, 9.17) is 0 Å². The number of nitrogens with zero attached hydrogens (tertiary/aromatic N) is 2. The number of benzene rings is 1. The molecule has 2 saturated heterocycles. The Hall–Kier alpha value is -2.64. The molecule has 2 heterocycles. The topological polar surface area (TPSA) is 81.8 Å². The third-order valence-electron chi connectivity index (χ3n) is 6.47. The number of amides is 4. The number of carbonyl (C=O) groups is 3. The van der Waals surface area contributed by atoms with Crippen LogP contribution in [0.5, 0.6) is 0 Å². The molecular weight excluding hydrogens is 399 g/mol. The highest BCUT2D eigenvalue weighted by atomic mass is 19.1. The van der Waals surface area contributed by atoms with E-state index in [-0.39, 0.29) is 35.6 Å². The van der Waals surface area contributed by atoms with Crippen LogP contribution in [0.4, 0.5) is 14.9 Å². The predicted octanol–water partition coefficient (Wildman–Crippen LogP) is 2.83. The molecule has 2 aliphatic heterocycles. The zero-order valence-electron chi connectivity index (χ0n) is 17.8. The van der Waals surface area contributed by atoms with Gasteiger partial charge in [0.05, 0.1) is 5.92 Å². The highest BCUT2D eigenvalue weighted by Crippen LogP contribution is 2.33. The molecule has 1 aromatic carbocycles. The van der Waals surface area contributed by atoms with Crippen molar-refractivity contribution in [2.75, 3.05) is 38.0 Å². The average molecular weight is 431 g/mol. The molecule has 2 N–H and O–H groups in total. The van der Waals surface area contributed by atoms with Crippen LogP contribution in [-0.4, -0.2) is 60.4 Å². The van der Waals surface area contributed by atoms with E-state index in [2.05, 4.69) is 10.6 Å². The van der Waals surface area contributed by atoms with Gasteiger partial charge in [0.25, 0.3) is 0 Å². The minimum Gasteiger partial charge on any atom is -0.342 e. The van der Waals surface area contributed by atoms with E-state index in [0.29, 0.717) is 25.3 Å². The minimum absolute atomic E-state index is 0.112. The molecule has 0 unspecified atom stereocenters. The summed E-state index contributed by atoms with van der Waals surface area (Å²) in [5.41, 5.74) is 0.403. The second-order valence-electron chi connectivity index (χ2n) is 9.04. The maximum Gasteiger partial charge on any atom is 0.319 e. The SMILES string of the molecule is O=C(NC[C@H]1CCCN(C(=O)[C@H]2CCCN(C(=O)C3CC3)C2)C1)Nc1cccc(F)c1. The lowest BCUT2D eigenvalue weighted by atomic mass is 9.92. The Balaban J connectivity index is 1.24. The van der Waals surface area contributed by atoms with Crippen molar-refractivity contribution in [1.29, 1.82) is 0 Å². The van der Waals surface area contributed by atoms with Crippen LogP contribution in [0.15, 0.2) is 24.3 Å². The summed E-state index contributed by atoms with van der Waals surface area (Å²) in [6, 6.07) is 5.38. The lowest BCUT2D eigenvalue weighted by Crippen LogP contribution is -2.50. The molecule has 3 aliphatic rings. The van der Waals surface area contributed by atoms with Crippen molar-refractivity contribution in [2.45, 2.75) is 38.5 Å². The standard InChI is InChI=1S/C23H31FN4O3/c24-19-6-1-7-20(12-19)26-23(31)25-13-16-4-2-10-27(14-16)22(30)18-5-3-11-28(15-18)21(29)17-8-9-17/h1,6-7,12,16-18H,2-5,8-11,13-15H2,(H2,25,26,31)/t16-,18+/m1/s1. The number of hydrogen-bond donors (Lipinski definition) is 2. The lowest BCUT2D eigenvalue weighted by Gasteiger charge is -2.38. The molecule has 1 aromatic rings. The predicted molar refractivity (Wildman–Crippen MR) is 115 cm³/mol. The maximum atomic E-state index is 13.2. The molecule has 0 aromatic heterocycles. The van der Waals surface area contributed by atoms with Gasteiger partial charge in [0, 0.05) is 44.3 Å². The van der Waals surface area contributed by atoms with Crippen LogP contribution < -0.4 is 10.6 Å². The first-order valence-corrected chi connectivity index (χ1v) is 11.4. The molecule has 3 fully saturated rings. The maximum absolute atomic E-state index is 13.2. The Kier molecular flexibility index (Phi) is 6.73. The zero-order valence-corrected chi connectivity index (χ0v) is 17.8. The first-order valence-electron chi connectivity index (χ1n) is 11.4. The van der Waals surface area contributed by atoms with Crippen LogP contribution >= 0.6 is 0 Å². The van der Waals surface area contributed by atoms with Crippen LogP contribution in [0.3, 0.4) is 0 Å². The van der Waals surface area contributed by atoms with E-state index in [1.54, 1.807) is 12.1 Å². The van der Waals surface area contributed by atoms with Gasteiger partial charge in [-0.3, -0.25) is 9.59 Å². The summed E-state index contributed by atoms with van der Waals surface area (Å²) in [4.78, 5) is 41.4. The van der Waals surface area contributed by atoms with Crippen LogP contribution in [-0.2, 0) is 9.59 Å². The summed E-state index contributed by atoms with van der Waals surface area (Å²) < 4.78 is 13.2. The van der Waals surface area contributed by atoms with Gasteiger partial charge in [-0.2, -0.15) is 0 Å². The van der Waals surface area contributed by atoms with E-state index in [1.807, 2.05) is 9.80 Å². The molecule has 1 aliphatic carbocycles. The summed E-state index contributed by atoms with van der Waals surface area (Å²) in [6.07, 6.45) is 5.54. The van der Waals surface area contributed by atoms with E-state index in [0.717, 1.165) is 51.6 Å². The van der Waals surface area contributed by atoms with E-state index in [1.165, 1.54) is 12.1 Å². The van der Waals surface area contributed by atoms with Crippen molar-refractivity contribution in [1.82, 2.24) is 15.1 Å². The number of anilines is 1. The highest BCUT2D eigenvalue weighted by Gasteiger charge is 2.38. The second-order valence-corrected chi connectivity index (χ2v) is 9.04. The molecular formula is C23H31FN4O3. The first kappa shape index (κ1) is 21.6. The summed E-state index contributed by atoms with van der Waals surface area (Å²) in [5.74, 6) is 0.227. The quantitative estimate of drug-likeness (QED) is 0.754. The van der Waals surface area contributed by atoms with Gasteiger partial charge >= 0.3 is 6.03 Å². The zero-order chi connectivity index (χ0) is 21.8. The molecule has 0 radical (unpaired) electrons. The molecule has 7 nitrogen and oxygen atoms in total. The fraction of sp³-hybridized carbons (Fsp3) is 0.609. The molecule has 1 saturated carbocycles. The van der Waals surface area contributed by atoms with E-state index < -0.39 is 5.82 Å². The van der Waals surface area contributed by atoms with Crippen molar-refractivity contribution in [3.05, 3.63) is 30.1 Å². The number of halogens is 1. The third-order valence-corrected chi connectivity index (χ3v) is 6.47. The van der Waals surface area contributed by atoms with Crippen LogP contribution in [0.25, 0.3) is 0 Å². The smallest absolute Gasteiger partial charge is 0.319 e. The van der Waals surface area contributed by atoms with Gasteiger partial charge in [0.15, 0.2) is 0 Å². The van der Waals surface area contributed by atoms with Gasteiger partial charge in [-0.25, -0.2) is 9.18 Å². The Morgan fingerprint density at radius 3 is 2.39 bits per heavy atom. The number of piperidine rings is 2. The molecule has 0 spiro atoms. The molecule has 31 heavy (non-hydrogen) atoms. The number of rotatable bonds is 5. The van der Waals surface area contributed by atoms with Crippen molar-refractivity contribution >= 4 is 23.5 Å². The molecule has 168 valence electrons. The molecule has 0 bridgehead atoms. The highest BCUT2D eigenvalue weighted by molar-refractivity contribution is 5.89. The Bertz CT molecular complexity index is 829. The normalized spacial score (nSPS) is 23.9. The summed E-state index contributed by atoms with van der Waals surface area (Å²) in [7, 11) is 0. The molecule has 4 rings (SSSR count). The summed E-state index contributed by atoms with van der Waals surface area (Å²) in [5, 5.41) is 5.47. The van der Waals surface area contributed by atoms with Crippen molar-refractivity contribution < 1.29 is 18.8 Å². The van der Waals surface area contributed by atoms with E-state index >= 15 is 0 Å². The molecule has 8 heteroatoms. The fourth-order valence-electron chi connectivity index (χ4n) is 4.64. The van der Waals surface area contributed by atoms with Crippen molar-refractivity contribution in [3.63, 3.8) is 0 Å². The Morgan fingerprint density at radius 2 is 1.65 bits per heavy atom. The molecule has 2 atom stereocenters. The Labute approximate surface area is 182 Å². The average Bonchev–Trinajstić information content (AvgIpc) is 3.62. The lowest BCUT2D eigenvalue weighted by molar-refractivity contribution is -0.142. The van der Waals surface area contributed by atoms with Gasteiger partial charge in [-0.1, -0.05) is 6.07 Å². The fourth-order valence-corrected chi connectivity index (χ4v) is 4.64. The monoisotopic (exact) mass is 430 g/mol. The second kappa shape index (κ2) is 9.66. The van der Waals surface area contributed by atoms with Crippen LogP contribution in [0.2, 0.25) is 0 Å². The largest absolute Gasteiger partial charge is 0.342 e. The van der Waals surface area contributed by atoms with Crippen molar-refractivity contribution in [3.8, 4) is 0 Å². The number of hydrogen-bond acceptors (Lipinski definition) is 3. The summed E-state index contributed by atoms with van der Waals surface area (Å²) >= 11 is 0. The van der Waals surface area contributed by atoms with Gasteiger partial charge in [0.1, 0.15) is 5.82 Å². The van der Waals surface area contributed by atoms with Gasteiger partial charge < -0.3 is 20.4 Å². The minimum atomic E-state index is -0.403. The number of likely N-dealkylation sites (tertiary alicyclic amines) is 2. The van der Waals surface area contributed by atoms with Crippen LogP contribution in [0.1, 0.15) is 38.5 Å². The van der Waals surface area contributed by atoms with Crippen LogP contribution in [0, 0.1) is 23.6 Å². The Morgan fingerprint density at radius 1 is 0.935 bits per heavy atom. The molecule has 4 amide bonds. The summed E-state index contributed by atoms with van der Waals surface area (Å²) in [6.45, 7) is 3.13. The number of urea groups is 1. The number of carbonyl (C=O) groups excluding carboxylic acids is 3. The van der Waals surface area contributed by atoms with Gasteiger partial charge in [-0.05, 0) is 62.6 Å². The number of nitrogens with one attached hydrogen (secondary N) is 2. The first-order chi connectivity index (χ1) is 15.0. The van der Waals surface area contributed by atoms with Crippen molar-refractivity contribution in [2.24, 2.45) is 17.8 Å². The van der Waals surface area contributed by atoms with Gasteiger partial charge in [-0.15, -0.1) is 0 Å².